The van der Waals surface area contributed by atoms with Gasteiger partial charge in [-0.1, -0.05) is 45.0 Å². The largest absolute Gasteiger partial charge is 0.376 e. The average Bonchev–Trinajstić information content (AvgIpc) is 3.19. The topological polar surface area (TPSA) is 84.5 Å². The Morgan fingerprint density at radius 2 is 1.79 bits per heavy atom. The second-order valence-electron chi connectivity index (χ2n) is 8.27. The zero-order chi connectivity index (χ0) is 21.1. The van der Waals surface area contributed by atoms with Crippen LogP contribution in [0.3, 0.4) is 0 Å². The maximum absolute atomic E-state index is 12.8. The molecule has 1 heterocycles. The van der Waals surface area contributed by atoms with Crippen molar-refractivity contribution in [1.82, 2.24) is 5.32 Å². The first-order valence-electron chi connectivity index (χ1n) is 9.79. The quantitative estimate of drug-likeness (QED) is 0.752. The van der Waals surface area contributed by atoms with Gasteiger partial charge in [0.1, 0.15) is 0 Å². The second kappa shape index (κ2) is 8.55. The van der Waals surface area contributed by atoms with E-state index in [4.69, 9.17) is 4.74 Å². The Kier molecular flexibility index (Phi) is 6.29. The number of amides is 1. The molecule has 2 aromatic carbocycles. The summed E-state index contributed by atoms with van der Waals surface area (Å²) in [4.78, 5) is 12.8. The highest BCUT2D eigenvalue weighted by Crippen LogP contribution is 2.25. The Morgan fingerprint density at radius 3 is 2.41 bits per heavy atom. The van der Waals surface area contributed by atoms with Gasteiger partial charge in [0.05, 0.1) is 22.3 Å². The minimum atomic E-state index is -3.82. The number of anilines is 1. The molecule has 0 bridgehead atoms. The zero-order valence-electron chi connectivity index (χ0n) is 17.1. The fourth-order valence-corrected chi connectivity index (χ4v) is 4.29. The molecule has 3 rings (SSSR count). The van der Waals surface area contributed by atoms with E-state index in [0.717, 1.165) is 18.4 Å². The normalized spacial score (nSPS) is 17.1. The number of sulfonamides is 1. The summed E-state index contributed by atoms with van der Waals surface area (Å²) in [6.45, 7) is 7.33. The third kappa shape index (κ3) is 5.36. The van der Waals surface area contributed by atoms with Crippen LogP contribution in [0.25, 0.3) is 0 Å². The van der Waals surface area contributed by atoms with Crippen LogP contribution in [0.1, 0.15) is 49.5 Å². The molecule has 1 aliphatic heterocycles. The highest BCUT2D eigenvalue weighted by molar-refractivity contribution is 7.92. The number of rotatable bonds is 6. The predicted molar refractivity (Wildman–Crippen MR) is 114 cm³/mol. The van der Waals surface area contributed by atoms with E-state index in [2.05, 4.69) is 30.8 Å². The SMILES string of the molecule is CC(C)(C)c1ccc(S(=O)(=O)Nc2ccccc2C(=O)NC[C@H]2CCCO2)cc1. The van der Waals surface area contributed by atoms with Gasteiger partial charge in [0, 0.05) is 13.2 Å². The molecular formula is C22H28N2O4S. The van der Waals surface area contributed by atoms with Crippen molar-refractivity contribution in [3.8, 4) is 0 Å². The highest BCUT2D eigenvalue weighted by atomic mass is 32.2. The lowest BCUT2D eigenvalue weighted by molar-refractivity contribution is 0.0858. The predicted octanol–water partition coefficient (Wildman–Crippen LogP) is 3.69. The van der Waals surface area contributed by atoms with Gasteiger partial charge in [-0.2, -0.15) is 0 Å². The molecule has 1 amide bonds. The van der Waals surface area contributed by atoms with E-state index in [0.29, 0.717) is 13.2 Å². The van der Waals surface area contributed by atoms with Crippen LogP contribution < -0.4 is 10.0 Å². The molecule has 0 radical (unpaired) electrons. The first-order valence-corrected chi connectivity index (χ1v) is 11.3. The Labute approximate surface area is 172 Å². The van der Waals surface area contributed by atoms with Crippen LogP contribution >= 0.6 is 0 Å². The lowest BCUT2D eigenvalue weighted by atomic mass is 9.87. The van der Waals surface area contributed by atoms with Gasteiger partial charge in [0.25, 0.3) is 15.9 Å². The summed E-state index contributed by atoms with van der Waals surface area (Å²) < 4.78 is 33.7. The van der Waals surface area contributed by atoms with Gasteiger partial charge in [-0.25, -0.2) is 8.42 Å². The van der Waals surface area contributed by atoms with Gasteiger partial charge in [-0.15, -0.1) is 0 Å². The lowest BCUT2D eigenvalue weighted by Crippen LogP contribution is -2.32. The molecule has 0 spiro atoms. The van der Waals surface area contributed by atoms with Crippen LogP contribution in [-0.2, 0) is 20.2 Å². The molecule has 7 heteroatoms. The van der Waals surface area contributed by atoms with Gasteiger partial charge in [-0.05, 0) is 48.1 Å². The van der Waals surface area contributed by atoms with Crippen LogP contribution in [0.15, 0.2) is 53.4 Å². The smallest absolute Gasteiger partial charge is 0.261 e. The molecule has 0 aliphatic carbocycles. The van der Waals surface area contributed by atoms with Gasteiger partial charge < -0.3 is 10.1 Å². The molecule has 1 aliphatic rings. The van der Waals surface area contributed by atoms with Crippen molar-refractivity contribution in [3.63, 3.8) is 0 Å². The number of hydrogen-bond donors (Lipinski definition) is 2. The molecule has 1 atom stereocenters. The molecule has 0 unspecified atom stereocenters. The highest BCUT2D eigenvalue weighted by Gasteiger charge is 2.21. The summed E-state index contributed by atoms with van der Waals surface area (Å²) >= 11 is 0. The number of carbonyl (C=O) groups excluding carboxylic acids is 1. The number of carbonyl (C=O) groups is 1. The second-order valence-corrected chi connectivity index (χ2v) is 9.95. The monoisotopic (exact) mass is 416 g/mol. The summed E-state index contributed by atoms with van der Waals surface area (Å²) in [5.41, 5.74) is 1.51. The maximum atomic E-state index is 12.8. The maximum Gasteiger partial charge on any atom is 0.261 e. The van der Waals surface area contributed by atoms with Crippen molar-refractivity contribution >= 4 is 21.6 Å². The van der Waals surface area contributed by atoms with Crippen molar-refractivity contribution in [1.29, 1.82) is 0 Å². The Balaban J connectivity index is 1.76. The fraction of sp³-hybridized carbons (Fsp3) is 0.409. The van der Waals surface area contributed by atoms with Crippen LogP contribution in [0.5, 0.6) is 0 Å². The van der Waals surface area contributed by atoms with Crippen molar-refractivity contribution in [2.24, 2.45) is 0 Å². The van der Waals surface area contributed by atoms with E-state index in [9.17, 15) is 13.2 Å². The summed E-state index contributed by atoms with van der Waals surface area (Å²) in [6.07, 6.45) is 1.92. The average molecular weight is 417 g/mol. The summed E-state index contributed by atoms with van der Waals surface area (Å²) in [7, 11) is -3.82. The number of nitrogens with one attached hydrogen (secondary N) is 2. The minimum Gasteiger partial charge on any atom is -0.376 e. The van der Waals surface area contributed by atoms with Crippen molar-refractivity contribution < 1.29 is 17.9 Å². The summed E-state index contributed by atoms with van der Waals surface area (Å²) in [6, 6.07) is 13.4. The van der Waals surface area contributed by atoms with E-state index < -0.39 is 10.0 Å². The third-order valence-corrected chi connectivity index (χ3v) is 6.34. The first kappa shape index (κ1) is 21.3. The number of para-hydroxylation sites is 1. The fourth-order valence-electron chi connectivity index (χ4n) is 3.21. The number of ether oxygens (including phenoxy) is 1. The molecule has 1 fully saturated rings. The Bertz CT molecular complexity index is 957. The number of benzene rings is 2. The summed E-state index contributed by atoms with van der Waals surface area (Å²) in [5, 5.41) is 2.83. The van der Waals surface area contributed by atoms with Crippen LogP contribution in [-0.4, -0.2) is 33.6 Å². The number of hydrogen-bond acceptors (Lipinski definition) is 4. The van der Waals surface area contributed by atoms with E-state index in [-0.39, 0.29) is 33.6 Å². The van der Waals surface area contributed by atoms with Gasteiger partial charge in [0.2, 0.25) is 0 Å². The molecule has 0 saturated carbocycles. The lowest BCUT2D eigenvalue weighted by Gasteiger charge is -2.19. The molecule has 2 N–H and O–H groups in total. The van der Waals surface area contributed by atoms with Gasteiger partial charge in [0.15, 0.2) is 0 Å². The van der Waals surface area contributed by atoms with E-state index in [1.807, 2.05) is 12.1 Å². The Hall–Kier alpha value is -2.38. The standard InChI is InChI=1S/C22H28N2O4S/c1-22(2,3)16-10-12-18(13-11-16)29(26,27)24-20-9-5-4-8-19(20)21(25)23-15-17-7-6-14-28-17/h4-5,8-13,17,24H,6-7,14-15H2,1-3H3,(H,23,25)/t17-/m1/s1. The molecule has 2 aromatic rings. The third-order valence-electron chi connectivity index (χ3n) is 4.96. The van der Waals surface area contributed by atoms with Crippen LogP contribution in [0, 0.1) is 0 Å². The van der Waals surface area contributed by atoms with E-state index in [1.165, 1.54) is 0 Å². The Morgan fingerprint density at radius 1 is 1.10 bits per heavy atom. The molecule has 0 aromatic heterocycles. The zero-order valence-corrected chi connectivity index (χ0v) is 17.9. The van der Waals surface area contributed by atoms with Gasteiger partial charge in [-0.3, -0.25) is 9.52 Å². The van der Waals surface area contributed by atoms with Crippen LogP contribution in [0.2, 0.25) is 0 Å². The van der Waals surface area contributed by atoms with Crippen molar-refractivity contribution in [2.45, 2.75) is 50.0 Å². The molecule has 6 nitrogen and oxygen atoms in total. The van der Waals surface area contributed by atoms with E-state index >= 15 is 0 Å². The molecule has 1 saturated heterocycles. The van der Waals surface area contributed by atoms with Crippen molar-refractivity contribution in [2.75, 3.05) is 17.9 Å². The molecular weight excluding hydrogens is 388 g/mol. The minimum absolute atomic E-state index is 0.0177. The van der Waals surface area contributed by atoms with Crippen molar-refractivity contribution in [3.05, 3.63) is 59.7 Å². The van der Waals surface area contributed by atoms with E-state index in [1.54, 1.807) is 36.4 Å². The molecule has 29 heavy (non-hydrogen) atoms. The first-order chi connectivity index (χ1) is 13.7. The van der Waals surface area contributed by atoms with Crippen LogP contribution in [0.4, 0.5) is 5.69 Å². The molecule has 156 valence electrons. The summed E-state index contributed by atoms with van der Waals surface area (Å²) in [5.74, 6) is -0.332. The van der Waals surface area contributed by atoms with Gasteiger partial charge >= 0.3 is 0 Å².